The fourth-order valence-electron chi connectivity index (χ4n) is 4.43. The fourth-order valence-corrected chi connectivity index (χ4v) is 4.43. The van der Waals surface area contributed by atoms with Crippen LogP contribution in [0.25, 0.3) is 0 Å². The van der Waals surface area contributed by atoms with Crippen LogP contribution in [0.1, 0.15) is 59.8 Å². The van der Waals surface area contributed by atoms with Gasteiger partial charge in [-0.2, -0.15) is 0 Å². The van der Waals surface area contributed by atoms with Crippen molar-refractivity contribution in [3.05, 3.63) is 0 Å². The molecular formula is C17H32N2. The van der Waals surface area contributed by atoms with Crippen LogP contribution in [-0.4, -0.2) is 36.1 Å². The number of nitrogens with one attached hydrogen (secondary N) is 1. The Morgan fingerprint density at radius 1 is 1.21 bits per heavy atom. The molecule has 0 aromatic heterocycles. The van der Waals surface area contributed by atoms with E-state index >= 15 is 0 Å². The highest BCUT2D eigenvalue weighted by Gasteiger charge is 2.49. The van der Waals surface area contributed by atoms with Crippen LogP contribution in [0, 0.1) is 17.3 Å². The average Bonchev–Trinajstić information content (AvgIpc) is 2.73. The molecule has 0 aromatic rings. The molecule has 2 nitrogen and oxygen atoms in total. The zero-order valence-corrected chi connectivity index (χ0v) is 13.3. The van der Waals surface area contributed by atoms with Crippen LogP contribution in [0.4, 0.5) is 0 Å². The zero-order chi connectivity index (χ0) is 13.7. The van der Waals surface area contributed by atoms with E-state index in [2.05, 4.69) is 37.9 Å². The predicted octanol–water partition coefficient (Wildman–Crippen LogP) is 3.28. The molecule has 0 bridgehead atoms. The van der Waals surface area contributed by atoms with Crippen molar-refractivity contribution in [2.24, 2.45) is 17.3 Å². The smallest absolute Gasteiger partial charge is 0.0309 e. The number of hydrogen-bond donors (Lipinski definition) is 1. The SMILES string of the molecule is CC(C)C1CNC2(CCCC2)CN1CC1CC1(C)C. The summed E-state index contributed by atoms with van der Waals surface area (Å²) in [6.45, 7) is 13.5. The maximum Gasteiger partial charge on any atom is 0.0309 e. The summed E-state index contributed by atoms with van der Waals surface area (Å²) in [6.07, 6.45) is 7.11. The molecule has 0 amide bonds. The number of hydrogen-bond acceptors (Lipinski definition) is 2. The van der Waals surface area contributed by atoms with Gasteiger partial charge in [-0.1, -0.05) is 40.5 Å². The summed E-state index contributed by atoms with van der Waals surface area (Å²) in [6, 6.07) is 0.752. The summed E-state index contributed by atoms with van der Waals surface area (Å²) >= 11 is 0. The van der Waals surface area contributed by atoms with Crippen LogP contribution in [0.2, 0.25) is 0 Å². The summed E-state index contributed by atoms with van der Waals surface area (Å²) in [4.78, 5) is 2.85. The third kappa shape index (κ3) is 2.71. The van der Waals surface area contributed by atoms with Crippen LogP contribution in [0.15, 0.2) is 0 Å². The van der Waals surface area contributed by atoms with Crippen molar-refractivity contribution in [3.63, 3.8) is 0 Å². The maximum absolute atomic E-state index is 3.93. The molecule has 19 heavy (non-hydrogen) atoms. The molecule has 1 aliphatic heterocycles. The second kappa shape index (κ2) is 4.73. The molecule has 3 aliphatic rings. The van der Waals surface area contributed by atoms with Crippen molar-refractivity contribution in [2.45, 2.75) is 71.4 Å². The maximum atomic E-state index is 3.93. The highest BCUT2D eigenvalue weighted by Crippen LogP contribution is 2.52. The fraction of sp³-hybridized carbons (Fsp3) is 1.00. The normalized spacial score (nSPS) is 37.1. The monoisotopic (exact) mass is 264 g/mol. The Labute approximate surface area is 119 Å². The Bertz CT molecular complexity index is 328. The van der Waals surface area contributed by atoms with Gasteiger partial charge in [0.05, 0.1) is 0 Å². The quantitative estimate of drug-likeness (QED) is 0.841. The van der Waals surface area contributed by atoms with Crippen molar-refractivity contribution in [3.8, 4) is 0 Å². The van der Waals surface area contributed by atoms with Gasteiger partial charge in [0.2, 0.25) is 0 Å². The summed E-state index contributed by atoms with van der Waals surface area (Å²) in [5.41, 5.74) is 1.10. The van der Waals surface area contributed by atoms with Gasteiger partial charge in [0.15, 0.2) is 0 Å². The molecule has 0 radical (unpaired) electrons. The van der Waals surface area contributed by atoms with Gasteiger partial charge in [0, 0.05) is 31.2 Å². The first-order valence-electron chi connectivity index (χ1n) is 8.41. The minimum Gasteiger partial charge on any atom is -0.308 e. The van der Waals surface area contributed by atoms with Crippen LogP contribution < -0.4 is 5.32 Å². The van der Waals surface area contributed by atoms with Crippen LogP contribution >= 0.6 is 0 Å². The van der Waals surface area contributed by atoms with Crippen molar-refractivity contribution >= 4 is 0 Å². The Morgan fingerprint density at radius 3 is 2.37 bits per heavy atom. The lowest BCUT2D eigenvalue weighted by atomic mass is 9.88. The van der Waals surface area contributed by atoms with Gasteiger partial charge in [0.1, 0.15) is 0 Å². The second-order valence-electron chi connectivity index (χ2n) is 8.50. The molecule has 1 saturated heterocycles. The zero-order valence-electron chi connectivity index (χ0n) is 13.3. The minimum absolute atomic E-state index is 0.477. The van der Waals surface area contributed by atoms with Gasteiger partial charge in [-0.3, -0.25) is 4.90 Å². The van der Waals surface area contributed by atoms with Crippen molar-refractivity contribution in [2.75, 3.05) is 19.6 Å². The summed E-state index contributed by atoms with van der Waals surface area (Å²) in [7, 11) is 0. The van der Waals surface area contributed by atoms with E-state index in [0.29, 0.717) is 11.0 Å². The van der Waals surface area contributed by atoms with Gasteiger partial charge >= 0.3 is 0 Å². The van der Waals surface area contributed by atoms with E-state index in [4.69, 9.17) is 0 Å². The molecular weight excluding hydrogens is 232 g/mol. The van der Waals surface area contributed by atoms with Crippen LogP contribution in [0.3, 0.4) is 0 Å². The third-order valence-corrected chi connectivity index (χ3v) is 6.16. The number of rotatable bonds is 3. The topological polar surface area (TPSA) is 15.3 Å². The molecule has 1 heterocycles. The third-order valence-electron chi connectivity index (χ3n) is 6.16. The van der Waals surface area contributed by atoms with E-state index in [9.17, 15) is 0 Å². The molecule has 2 heteroatoms. The standard InChI is InChI=1S/C17H32N2/c1-13(2)15-10-18-17(7-5-6-8-17)12-19(15)11-14-9-16(14,3)4/h13-15,18H,5-12H2,1-4H3. The van der Waals surface area contributed by atoms with Crippen molar-refractivity contribution in [1.29, 1.82) is 0 Å². The largest absolute Gasteiger partial charge is 0.308 e. The van der Waals surface area contributed by atoms with E-state index in [1.54, 1.807) is 0 Å². The Morgan fingerprint density at radius 2 is 1.84 bits per heavy atom. The first-order chi connectivity index (χ1) is 8.92. The predicted molar refractivity (Wildman–Crippen MR) is 81.3 cm³/mol. The van der Waals surface area contributed by atoms with Gasteiger partial charge in [-0.15, -0.1) is 0 Å². The number of nitrogens with zero attached hydrogens (tertiary/aromatic N) is 1. The van der Waals surface area contributed by atoms with Crippen LogP contribution in [0.5, 0.6) is 0 Å². The van der Waals surface area contributed by atoms with Crippen molar-refractivity contribution < 1.29 is 0 Å². The van der Waals surface area contributed by atoms with Gasteiger partial charge in [-0.25, -0.2) is 0 Å². The van der Waals surface area contributed by atoms with Gasteiger partial charge in [0.25, 0.3) is 0 Å². The molecule has 3 fully saturated rings. The lowest BCUT2D eigenvalue weighted by Gasteiger charge is -2.48. The van der Waals surface area contributed by atoms with E-state index < -0.39 is 0 Å². The van der Waals surface area contributed by atoms with E-state index in [0.717, 1.165) is 17.9 Å². The summed E-state index contributed by atoms with van der Waals surface area (Å²) in [5, 5.41) is 3.93. The summed E-state index contributed by atoms with van der Waals surface area (Å²) in [5.74, 6) is 1.72. The first-order valence-corrected chi connectivity index (χ1v) is 8.41. The van der Waals surface area contributed by atoms with Gasteiger partial charge in [-0.05, 0) is 36.5 Å². The Balaban J connectivity index is 1.68. The van der Waals surface area contributed by atoms with E-state index in [1.165, 1.54) is 51.7 Å². The van der Waals surface area contributed by atoms with Crippen LogP contribution in [-0.2, 0) is 0 Å². The highest BCUT2D eigenvalue weighted by atomic mass is 15.3. The lowest BCUT2D eigenvalue weighted by Crippen LogP contribution is -2.64. The molecule has 2 aliphatic carbocycles. The lowest BCUT2D eigenvalue weighted by molar-refractivity contribution is 0.0506. The molecule has 3 rings (SSSR count). The molecule has 2 saturated carbocycles. The Kier molecular flexibility index (Phi) is 3.46. The molecule has 2 unspecified atom stereocenters. The molecule has 2 atom stereocenters. The molecule has 1 N–H and O–H groups in total. The number of piperazine rings is 1. The second-order valence-corrected chi connectivity index (χ2v) is 8.50. The highest BCUT2D eigenvalue weighted by molar-refractivity contribution is 5.04. The van der Waals surface area contributed by atoms with Gasteiger partial charge < -0.3 is 5.32 Å². The molecule has 0 aromatic carbocycles. The minimum atomic E-state index is 0.477. The summed E-state index contributed by atoms with van der Waals surface area (Å²) < 4.78 is 0. The Hall–Kier alpha value is -0.0800. The van der Waals surface area contributed by atoms with E-state index in [1.807, 2.05) is 0 Å². The molecule has 1 spiro atoms. The average molecular weight is 264 g/mol. The van der Waals surface area contributed by atoms with Crippen molar-refractivity contribution in [1.82, 2.24) is 10.2 Å². The first kappa shape index (κ1) is 13.9. The van der Waals surface area contributed by atoms with E-state index in [-0.39, 0.29) is 0 Å². The molecule has 110 valence electrons.